The molecule has 144 valence electrons. The van der Waals surface area contributed by atoms with E-state index in [1.165, 1.54) is 4.31 Å². The van der Waals surface area contributed by atoms with Gasteiger partial charge in [0, 0.05) is 17.3 Å². The zero-order valence-corrected chi connectivity index (χ0v) is 17.0. The molecule has 2 aromatic carbocycles. The first-order chi connectivity index (χ1) is 12.8. The highest BCUT2D eigenvalue weighted by atomic mass is 35.5. The maximum atomic E-state index is 13.4. The predicted molar refractivity (Wildman–Crippen MR) is 110 cm³/mol. The van der Waals surface area contributed by atoms with Crippen molar-refractivity contribution in [1.82, 2.24) is 0 Å². The lowest BCUT2D eigenvalue weighted by Crippen LogP contribution is -2.52. The smallest absolute Gasteiger partial charge is 0.250 e. The number of para-hydroxylation sites is 1. The Hall–Kier alpha value is -2.05. The lowest BCUT2D eigenvalue weighted by molar-refractivity contribution is -0.119. The number of benzene rings is 2. The van der Waals surface area contributed by atoms with Gasteiger partial charge in [-0.1, -0.05) is 42.8 Å². The van der Waals surface area contributed by atoms with Gasteiger partial charge >= 0.3 is 0 Å². The van der Waals surface area contributed by atoms with E-state index >= 15 is 0 Å². The first-order valence-corrected chi connectivity index (χ1v) is 11.2. The summed E-state index contributed by atoms with van der Waals surface area (Å²) in [5.41, 5.74) is 2.38. The van der Waals surface area contributed by atoms with Crippen LogP contribution in [0.4, 0.5) is 11.4 Å². The predicted octanol–water partition coefficient (Wildman–Crippen LogP) is 3.86. The Kier molecular flexibility index (Phi) is 5.77. The standard InChI is InChI=1S/C20H23ClN2O3S/c1-3-18(23(27(2,25)26)17-11-6-10-16(21)14-17)20(24)22-13-7-9-15-8-4-5-12-19(15)22/h4-6,8,10-12,14,18H,3,7,9,13H2,1-2H3. The number of carbonyl (C=O) groups is 1. The summed E-state index contributed by atoms with van der Waals surface area (Å²) >= 11 is 6.07. The Morgan fingerprint density at radius 2 is 1.96 bits per heavy atom. The van der Waals surface area contributed by atoms with Crippen molar-refractivity contribution >= 4 is 38.9 Å². The SMILES string of the molecule is CCC(C(=O)N1CCCc2ccccc21)N(c1cccc(Cl)c1)S(C)(=O)=O. The minimum atomic E-state index is -3.68. The summed E-state index contributed by atoms with van der Waals surface area (Å²) in [6.45, 7) is 2.40. The molecule has 0 aliphatic carbocycles. The van der Waals surface area contributed by atoms with Crippen molar-refractivity contribution in [3.8, 4) is 0 Å². The molecular formula is C20H23ClN2O3S. The van der Waals surface area contributed by atoms with E-state index in [0.29, 0.717) is 23.7 Å². The number of fused-ring (bicyclic) bond motifs is 1. The molecule has 2 aromatic rings. The van der Waals surface area contributed by atoms with Gasteiger partial charge in [-0.05, 0) is 49.1 Å². The topological polar surface area (TPSA) is 57.7 Å². The maximum Gasteiger partial charge on any atom is 0.250 e. The highest BCUT2D eigenvalue weighted by Gasteiger charge is 2.36. The summed E-state index contributed by atoms with van der Waals surface area (Å²) in [6.07, 6.45) is 3.25. The molecule has 1 amide bonds. The summed E-state index contributed by atoms with van der Waals surface area (Å²) < 4.78 is 26.4. The number of nitrogens with zero attached hydrogens (tertiary/aromatic N) is 2. The van der Waals surface area contributed by atoms with Gasteiger partial charge in [0.2, 0.25) is 10.0 Å². The van der Waals surface area contributed by atoms with Crippen LogP contribution in [-0.2, 0) is 21.2 Å². The molecule has 0 saturated carbocycles. The zero-order valence-electron chi connectivity index (χ0n) is 15.4. The summed E-state index contributed by atoms with van der Waals surface area (Å²) in [4.78, 5) is 15.1. The molecule has 27 heavy (non-hydrogen) atoms. The minimum Gasteiger partial charge on any atom is -0.310 e. The van der Waals surface area contributed by atoms with Gasteiger partial charge < -0.3 is 4.90 Å². The number of anilines is 2. The maximum absolute atomic E-state index is 13.4. The molecule has 0 bridgehead atoms. The number of hydrogen-bond acceptors (Lipinski definition) is 3. The molecule has 3 rings (SSSR count). The fraction of sp³-hybridized carbons (Fsp3) is 0.350. The molecule has 7 heteroatoms. The van der Waals surface area contributed by atoms with Gasteiger partial charge in [0.15, 0.2) is 0 Å². The highest BCUT2D eigenvalue weighted by Crippen LogP contribution is 2.31. The fourth-order valence-corrected chi connectivity index (χ4v) is 4.98. The average molecular weight is 407 g/mol. The second-order valence-corrected chi connectivity index (χ2v) is 8.98. The van der Waals surface area contributed by atoms with Gasteiger partial charge in [0.25, 0.3) is 5.91 Å². The second-order valence-electron chi connectivity index (χ2n) is 6.68. The van der Waals surface area contributed by atoms with Crippen LogP contribution < -0.4 is 9.21 Å². The molecular weight excluding hydrogens is 384 g/mol. The molecule has 0 radical (unpaired) electrons. The molecule has 1 aliphatic heterocycles. The van der Waals surface area contributed by atoms with Crippen molar-refractivity contribution in [2.24, 2.45) is 0 Å². The summed E-state index contributed by atoms with van der Waals surface area (Å²) in [7, 11) is -3.68. The Bertz CT molecular complexity index is 946. The van der Waals surface area contributed by atoms with Crippen LogP contribution >= 0.6 is 11.6 Å². The van der Waals surface area contributed by atoms with Gasteiger partial charge in [0.1, 0.15) is 6.04 Å². The molecule has 0 fully saturated rings. The molecule has 1 heterocycles. The third kappa shape index (κ3) is 4.12. The number of sulfonamides is 1. The van der Waals surface area contributed by atoms with Gasteiger partial charge in [-0.2, -0.15) is 0 Å². The molecule has 0 aromatic heterocycles. The lowest BCUT2D eigenvalue weighted by Gasteiger charge is -2.36. The van der Waals surface area contributed by atoms with E-state index in [1.807, 2.05) is 31.2 Å². The number of hydrogen-bond donors (Lipinski definition) is 0. The van der Waals surface area contributed by atoms with E-state index in [4.69, 9.17) is 11.6 Å². The van der Waals surface area contributed by atoms with E-state index < -0.39 is 16.1 Å². The Labute approximate surface area is 165 Å². The molecule has 0 spiro atoms. The van der Waals surface area contributed by atoms with E-state index in [0.717, 1.165) is 30.3 Å². The average Bonchev–Trinajstić information content (AvgIpc) is 2.64. The van der Waals surface area contributed by atoms with Crippen LogP contribution in [0.15, 0.2) is 48.5 Å². The first kappa shape index (κ1) is 19.7. The Balaban J connectivity index is 2.03. The van der Waals surface area contributed by atoms with Crippen molar-refractivity contribution in [1.29, 1.82) is 0 Å². The third-order valence-electron chi connectivity index (χ3n) is 4.75. The summed E-state index contributed by atoms with van der Waals surface area (Å²) in [5, 5.41) is 0.423. The molecule has 5 nitrogen and oxygen atoms in total. The van der Waals surface area contributed by atoms with Gasteiger partial charge in [-0.3, -0.25) is 9.10 Å². The van der Waals surface area contributed by atoms with Crippen LogP contribution in [0.5, 0.6) is 0 Å². The lowest BCUT2D eigenvalue weighted by atomic mass is 10.0. The zero-order chi connectivity index (χ0) is 19.6. The van der Waals surface area contributed by atoms with Crippen LogP contribution in [0, 0.1) is 0 Å². The number of aryl methyl sites for hydroxylation is 1. The number of amides is 1. The van der Waals surface area contributed by atoms with Crippen LogP contribution in [0.1, 0.15) is 25.3 Å². The van der Waals surface area contributed by atoms with Crippen LogP contribution in [0.3, 0.4) is 0 Å². The van der Waals surface area contributed by atoms with E-state index in [9.17, 15) is 13.2 Å². The van der Waals surface area contributed by atoms with Gasteiger partial charge in [-0.15, -0.1) is 0 Å². The fourth-order valence-electron chi connectivity index (χ4n) is 3.60. The third-order valence-corrected chi connectivity index (χ3v) is 6.17. The van der Waals surface area contributed by atoms with E-state index in [2.05, 4.69) is 0 Å². The normalized spacial score (nSPS) is 15.1. The number of halogens is 1. The van der Waals surface area contributed by atoms with Crippen molar-refractivity contribution in [2.75, 3.05) is 22.0 Å². The molecule has 0 saturated heterocycles. The van der Waals surface area contributed by atoms with Crippen LogP contribution in [-0.4, -0.2) is 33.2 Å². The molecule has 1 atom stereocenters. The van der Waals surface area contributed by atoms with Gasteiger partial charge in [0.05, 0.1) is 11.9 Å². The highest BCUT2D eigenvalue weighted by molar-refractivity contribution is 7.92. The quantitative estimate of drug-likeness (QED) is 0.757. The molecule has 0 N–H and O–H groups in total. The number of rotatable bonds is 5. The van der Waals surface area contributed by atoms with Crippen LogP contribution in [0.25, 0.3) is 0 Å². The minimum absolute atomic E-state index is 0.213. The van der Waals surface area contributed by atoms with E-state index in [1.54, 1.807) is 29.2 Å². The Morgan fingerprint density at radius 1 is 1.22 bits per heavy atom. The molecule has 1 unspecified atom stereocenters. The van der Waals surface area contributed by atoms with E-state index in [-0.39, 0.29) is 5.91 Å². The monoisotopic (exact) mass is 406 g/mol. The number of carbonyl (C=O) groups excluding carboxylic acids is 1. The summed E-state index contributed by atoms with van der Waals surface area (Å²) in [6, 6.07) is 13.6. The summed E-state index contributed by atoms with van der Waals surface area (Å²) in [5.74, 6) is -0.213. The second kappa shape index (κ2) is 7.90. The largest absolute Gasteiger partial charge is 0.310 e. The Morgan fingerprint density at radius 3 is 2.63 bits per heavy atom. The van der Waals surface area contributed by atoms with Gasteiger partial charge in [-0.25, -0.2) is 8.42 Å². The molecule has 1 aliphatic rings. The van der Waals surface area contributed by atoms with Crippen molar-refractivity contribution in [3.63, 3.8) is 0 Å². The van der Waals surface area contributed by atoms with Crippen molar-refractivity contribution < 1.29 is 13.2 Å². The van der Waals surface area contributed by atoms with Crippen LogP contribution in [0.2, 0.25) is 5.02 Å². The van der Waals surface area contributed by atoms with Crippen molar-refractivity contribution in [2.45, 2.75) is 32.2 Å². The first-order valence-electron chi connectivity index (χ1n) is 8.97. The van der Waals surface area contributed by atoms with Crippen molar-refractivity contribution in [3.05, 3.63) is 59.1 Å².